The van der Waals surface area contributed by atoms with E-state index in [1.807, 2.05) is 0 Å². The molecule has 0 aliphatic rings. The van der Waals surface area contributed by atoms with Gasteiger partial charge in [-0.3, -0.25) is 14.4 Å². The summed E-state index contributed by atoms with van der Waals surface area (Å²) < 4.78 is 16.6. The van der Waals surface area contributed by atoms with E-state index in [0.717, 1.165) is 103 Å². The highest BCUT2D eigenvalue weighted by atomic mass is 16.6. The van der Waals surface area contributed by atoms with Crippen LogP contribution < -0.4 is 0 Å². The van der Waals surface area contributed by atoms with E-state index in [2.05, 4.69) is 106 Å². The monoisotopic (exact) mass is 807 g/mol. The van der Waals surface area contributed by atoms with Crippen molar-refractivity contribution in [1.82, 2.24) is 0 Å². The van der Waals surface area contributed by atoms with Gasteiger partial charge >= 0.3 is 17.9 Å². The maximum atomic E-state index is 12.7. The van der Waals surface area contributed by atoms with Gasteiger partial charge in [-0.1, -0.05) is 176 Å². The van der Waals surface area contributed by atoms with E-state index in [0.29, 0.717) is 19.3 Å². The lowest BCUT2D eigenvalue weighted by Gasteiger charge is -2.18. The van der Waals surface area contributed by atoms with Crippen LogP contribution in [0.5, 0.6) is 0 Å². The van der Waals surface area contributed by atoms with Gasteiger partial charge in [0.25, 0.3) is 0 Å². The molecule has 0 saturated heterocycles. The molecule has 0 aromatic rings. The molecule has 1 atom stereocenters. The van der Waals surface area contributed by atoms with E-state index in [4.69, 9.17) is 14.2 Å². The molecule has 0 aromatic heterocycles. The summed E-state index contributed by atoms with van der Waals surface area (Å²) in [6.07, 6.45) is 58.6. The molecule has 330 valence electrons. The fourth-order valence-corrected chi connectivity index (χ4v) is 6.06. The second-order valence-corrected chi connectivity index (χ2v) is 15.3. The molecule has 6 nitrogen and oxygen atoms in total. The van der Waals surface area contributed by atoms with Crippen molar-refractivity contribution in [3.63, 3.8) is 0 Å². The summed E-state index contributed by atoms with van der Waals surface area (Å²) >= 11 is 0. The summed E-state index contributed by atoms with van der Waals surface area (Å²) in [5.41, 5.74) is 0. The Bertz CT molecular complexity index is 1160. The molecule has 0 fully saturated rings. The number of carbonyl (C=O) groups is 3. The SMILES string of the molecule is CC/C=C\C/C=C\CCCCCCCC(=O)OC(COC(=O)CCC/C=C\C/C=C\C/C=C\CCCCCCCC)COC(=O)CCCCC/C=C\C=C/CCCC. The van der Waals surface area contributed by atoms with Crippen LogP contribution in [0.4, 0.5) is 0 Å². The third kappa shape index (κ3) is 43.7. The molecule has 6 heteroatoms. The Labute approximate surface area is 356 Å². The van der Waals surface area contributed by atoms with E-state index in [1.165, 1.54) is 57.8 Å². The number of unbranched alkanes of at least 4 members (excludes halogenated alkanes) is 17. The summed E-state index contributed by atoms with van der Waals surface area (Å²) in [5.74, 6) is -1.02. The Morgan fingerprint density at radius 2 is 0.759 bits per heavy atom. The maximum absolute atomic E-state index is 12.7. The zero-order chi connectivity index (χ0) is 42.3. The van der Waals surface area contributed by atoms with Crippen molar-refractivity contribution in [2.24, 2.45) is 0 Å². The van der Waals surface area contributed by atoms with Gasteiger partial charge in [-0.25, -0.2) is 0 Å². The molecule has 0 bridgehead atoms. The van der Waals surface area contributed by atoms with Gasteiger partial charge in [-0.15, -0.1) is 0 Å². The number of ether oxygens (including phenoxy) is 3. The summed E-state index contributed by atoms with van der Waals surface area (Å²) in [4.78, 5) is 37.7. The third-order valence-electron chi connectivity index (χ3n) is 9.63. The van der Waals surface area contributed by atoms with Crippen molar-refractivity contribution >= 4 is 17.9 Å². The molecule has 0 saturated carbocycles. The van der Waals surface area contributed by atoms with Gasteiger partial charge in [0.2, 0.25) is 0 Å². The lowest BCUT2D eigenvalue weighted by Crippen LogP contribution is -2.30. The van der Waals surface area contributed by atoms with Crippen LogP contribution in [0.2, 0.25) is 0 Å². The Morgan fingerprint density at radius 3 is 1.29 bits per heavy atom. The summed E-state index contributed by atoms with van der Waals surface area (Å²) in [5, 5.41) is 0. The average molecular weight is 807 g/mol. The minimum atomic E-state index is -0.813. The number of hydrogen-bond acceptors (Lipinski definition) is 6. The van der Waals surface area contributed by atoms with Crippen LogP contribution in [-0.2, 0) is 28.6 Å². The van der Waals surface area contributed by atoms with Crippen molar-refractivity contribution < 1.29 is 28.6 Å². The number of allylic oxidation sites excluding steroid dienone is 14. The predicted molar refractivity (Wildman–Crippen MR) is 247 cm³/mol. The largest absolute Gasteiger partial charge is 0.462 e. The molecule has 0 aromatic carbocycles. The van der Waals surface area contributed by atoms with Gasteiger partial charge in [-0.2, -0.15) is 0 Å². The normalized spacial score (nSPS) is 12.8. The minimum Gasteiger partial charge on any atom is -0.462 e. The van der Waals surface area contributed by atoms with Crippen LogP contribution in [0, 0.1) is 0 Å². The molecule has 58 heavy (non-hydrogen) atoms. The van der Waals surface area contributed by atoms with Crippen molar-refractivity contribution in [3.8, 4) is 0 Å². The Balaban J connectivity index is 4.50. The molecule has 0 aliphatic carbocycles. The van der Waals surface area contributed by atoms with Crippen LogP contribution in [0.3, 0.4) is 0 Å². The van der Waals surface area contributed by atoms with Gasteiger partial charge < -0.3 is 14.2 Å². The molecule has 0 spiro atoms. The van der Waals surface area contributed by atoms with Gasteiger partial charge in [0.1, 0.15) is 13.2 Å². The first-order valence-electron chi connectivity index (χ1n) is 23.6. The molecule has 0 heterocycles. The molecular formula is C52H86O6. The van der Waals surface area contributed by atoms with Crippen LogP contribution in [-0.4, -0.2) is 37.2 Å². The number of hydrogen-bond donors (Lipinski definition) is 0. The Morgan fingerprint density at radius 1 is 0.379 bits per heavy atom. The van der Waals surface area contributed by atoms with Crippen molar-refractivity contribution in [3.05, 3.63) is 85.1 Å². The summed E-state index contributed by atoms with van der Waals surface area (Å²) in [6.45, 7) is 6.36. The number of rotatable bonds is 41. The van der Waals surface area contributed by atoms with E-state index >= 15 is 0 Å². The zero-order valence-electron chi connectivity index (χ0n) is 37.5. The van der Waals surface area contributed by atoms with Crippen LogP contribution in [0.15, 0.2) is 85.1 Å². The standard InChI is InChI=1S/C52H86O6/c1-4-7-10-13-16-19-22-24-25-26-27-28-31-33-36-39-42-45-51(54)57-48-49(47-56-50(53)44-41-38-35-32-29-21-18-15-12-9-6-3)58-52(55)46-43-40-37-34-30-23-20-17-14-11-8-5-2/h8,11,15,17-18,20-21,24-25,27-29,33,36,49H,4-7,9-10,12-14,16,19,22-23,26,30-32,34-35,37-48H2,1-3H3/b11-8-,18-15-,20-17-,25-24-,28-27-,29-21-,36-33-. The second-order valence-electron chi connectivity index (χ2n) is 15.3. The van der Waals surface area contributed by atoms with Crippen molar-refractivity contribution in [1.29, 1.82) is 0 Å². The predicted octanol–water partition coefficient (Wildman–Crippen LogP) is 15.3. The minimum absolute atomic E-state index is 0.113. The lowest BCUT2D eigenvalue weighted by atomic mass is 10.1. The second kappa shape index (κ2) is 46.3. The highest BCUT2D eigenvalue weighted by Crippen LogP contribution is 2.12. The molecule has 1 unspecified atom stereocenters. The van der Waals surface area contributed by atoms with Crippen LogP contribution in [0.1, 0.15) is 207 Å². The van der Waals surface area contributed by atoms with Crippen molar-refractivity contribution in [2.45, 2.75) is 213 Å². The van der Waals surface area contributed by atoms with Gasteiger partial charge in [0, 0.05) is 19.3 Å². The summed E-state index contributed by atoms with van der Waals surface area (Å²) in [6, 6.07) is 0. The average Bonchev–Trinajstić information content (AvgIpc) is 3.22. The molecule has 0 amide bonds. The zero-order valence-corrected chi connectivity index (χ0v) is 37.5. The highest BCUT2D eigenvalue weighted by molar-refractivity contribution is 5.71. The Kier molecular flexibility index (Phi) is 43.6. The topological polar surface area (TPSA) is 78.9 Å². The lowest BCUT2D eigenvalue weighted by molar-refractivity contribution is -0.167. The molecule has 0 rings (SSSR count). The van der Waals surface area contributed by atoms with Gasteiger partial charge in [0.05, 0.1) is 0 Å². The summed E-state index contributed by atoms with van der Waals surface area (Å²) in [7, 11) is 0. The van der Waals surface area contributed by atoms with E-state index < -0.39 is 6.10 Å². The van der Waals surface area contributed by atoms with E-state index in [-0.39, 0.29) is 37.5 Å². The van der Waals surface area contributed by atoms with Gasteiger partial charge in [-0.05, 0) is 96.3 Å². The highest BCUT2D eigenvalue weighted by Gasteiger charge is 2.19. The first-order chi connectivity index (χ1) is 28.5. The van der Waals surface area contributed by atoms with Crippen LogP contribution >= 0.6 is 0 Å². The molecule has 0 radical (unpaired) electrons. The Hall–Kier alpha value is -3.41. The maximum Gasteiger partial charge on any atom is 0.306 e. The molecule has 0 N–H and O–H groups in total. The van der Waals surface area contributed by atoms with Crippen LogP contribution in [0.25, 0.3) is 0 Å². The fraction of sp³-hybridized carbons (Fsp3) is 0.673. The van der Waals surface area contributed by atoms with E-state index in [9.17, 15) is 14.4 Å². The number of esters is 3. The molecule has 0 aliphatic heterocycles. The first kappa shape index (κ1) is 54.6. The molecular weight excluding hydrogens is 721 g/mol. The third-order valence-corrected chi connectivity index (χ3v) is 9.63. The first-order valence-corrected chi connectivity index (χ1v) is 23.6. The quantitative estimate of drug-likeness (QED) is 0.0201. The van der Waals surface area contributed by atoms with Crippen molar-refractivity contribution in [2.75, 3.05) is 13.2 Å². The smallest absolute Gasteiger partial charge is 0.306 e. The fourth-order valence-electron chi connectivity index (χ4n) is 6.06. The van der Waals surface area contributed by atoms with E-state index in [1.54, 1.807) is 0 Å². The number of carbonyl (C=O) groups excluding carboxylic acids is 3. The van der Waals surface area contributed by atoms with Gasteiger partial charge in [0.15, 0.2) is 6.10 Å².